The van der Waals surface area contributed by atoms with E-state index in [4.69, 9.17) is 5.73 Å². The Morgan fingerprint density at radius 1 is 1.10 bits per heavy atom. The molecule has 0 heterocycles. The van der Waals surface area contributed by atoms with Crippen LogP contribution < -0.4 is 5.73 Å². The van der Waals surface area contributed by atoms with E-state index in [1.165, 1.54) is 38.5 Å². The van der Waals surface area contributed by atoms with Gasteiger partial charge in [0.2, 0.25) is 0 Å². The average molecular weight is 289 g/mol. The number of nitrogens with two attached hydrogens (primary N) is 1. The van der Waals surface area contributed by atoms with Gasteiger partial charge in [-0.3, -0.25) is 0 Å². The van der Waals surface area contributed by atoms with Gasteiger partial charge in [-0.05, 0) is 80.0 Å². The van der Waals surface area contributed by atoms with E-state index in [9.17, 15) is 5.11 Å². The molecule has 0 saturated heterocycles. The maximum atomic E-state index is 10.0. The first-order valence-electron chi connectivity index (χ1n) is 9.08. The summed E-state index contributed by atoms with van der Waals surface area (Å²) in [6.07, 6.45) is 12.1. The molecule has 2 heteroatoms. The predicted molar refractivity (Wildman–Crippen MR) is 85.7 cm³/mol. The summed E-state index contributed by atoms with van der Waals surface area (Å²) in [6.45, 7) is 4.97. The molecule has 3 fully saturated rings. The number of hydrogen-bond donors (Lipinski definition) is 2. The second kappa shape index (κ2) is 4.58. The Balaban J connectivity index is 1.68. The van der Waals surface area contributed by atoms with Gasteiger partial charge in [-0.25, -0.2) is 0 Å². The van der Waals surface area contributed by atoms with Crippen LogP contribution in [0.5, 0.6) is 0 Å². The summed E-state index contributed by atoms with van der Waals surface area (Å²) in [7, 11) is 0. The Morgan fingerprint density at radius 2 is 1.90 bits per heavy atom. The molecule has 0 spiro atoms. The van der Waals surface area contributed by atoms with Crippen molar-refractivity contribution in [3.63, 3.8) is 0 Å². The summed E-state index contributed by atoms with van der Waals surface area (Å²) in [5.41, 5.74) is 8.83. The topological polar surface area (TPSA) is 46.2 Å². The molecular weight excluding hydrogens is 258 g/mol. The highest BCUT2D eigenvalue weighted by Gasteiger charge is 2.57. The lowest BCUT2D eigenvalue weighted by molar-refractivity contribution is -0.0401. The molecule has 0 aromatic rings. The molecule has 3 N–H and O–H groups in total. The van der Waals surface area contributed by atoms with E-state index in [-0.39, 0.29) is 6.10 Å². The van der Waals surface area contributed by atoms with E-state index >= 15 is 0 Å². The van der Waals surface area contributed by atoms with Crippen molar-refractivity contribution < 1.29 is 5.11 Å². The normalized spacial score (nSPS) is 56.2. The zero-order valence-electron chi connectivity index (χ0n) is 13.6. The fraction of sp³-hybridized carbons (Fsp3) is 0.895. The Labute approximate surface area is 129 Å². The van der Waals surface area contributed by atoms with E-state index in [0.29, 0.717) is 16.9 Å². The molecule has 4 rings (SSSR count). The van der Waals surface area contributed by atoms with Gasteiger partial charge in [-0.15, -0.1) is 0 Å². The third-order valence-corrected chi connectivity index (χ3v) is 8.15. The zero-order chi connectivity index (χ0) is 14.8. The number of allylic oxidation sites excluding steroid dienone is 1. The van der Waals surface area contributed by atoms with Crippen molar-refractivity contribution in [3.8, 4) is 0 Å². The highest BCUT2D eigenvalue weighted by Crippen LogP contribution is 2.64. The van der Waals surface area contributed by atoms with Crippen LogP contribution in [0.15, 0.2) is 11.6 Å². The molecule has 0 aliphatic heterocycles. The maximum Gasteiger partial charge on any atom is 0.0577 e. The lowest BCUT2D eigenvalue weighted by Crippen LogP contribution is -2.52. The number of aliphatic hydroxyl groups excluding tert-OH is 1. The Morgan fingerprint density at radius 3 is 2.71 bits per heavy atom. The van der Waals surface area contributed by atoms with Crippen LogP contribution in [-0.4, -0.2) is 17.3 Å². The summed E-state index contributed by atoms with van der Waals surface area (Å²) in [5, 5.41) is 10.0. The molecule has 0 radical (unpaired) electrons. The molecule has 21 heavy (non-hydrogen) atoms. The number of aliphatic hydroxyl groups is 1. The van der Waals surface area contributed by atoms with Crippen LogP contribution in [0, 0.1) is 28.6 Å². The first-order valence-corrected chi connectivity index (χ1v) is 9.08. The SMILES string of the molecule is C[C@]12CC[C@@H]3[C@H](CC=C4C[C@@H](O)CC[C@@]43C)[C@H]1CC[C@H]2N. The maximum absolute atomic E-state index is 10.0. The summed E-state index contributed by atoms with van der Waals surface area (Å²) >= 11 is 0. The van der Waals surface area contributed by atoms with Crippen LogP contribution in [-0.2, 0) is 0 Å². The van der Waals surface area contributed by atoms with Crippen LogP contribution in [0.25, 0.3) is 0 Å². The number of fused-ring (bicyclic) bond motifs is 5. The van der Waals surface area contributed by atoms with Gasteiger partial charge in [0.15, 0.2) is 0 Å². The average Bonchev–Trinajstić information content (AvgIpc) is 2.76. The van der Waals surface area contributed by atoms with Gasteiger partial charge in [0.25, 0.3) is 0 Å². The highest BCUT2D eigenvalue weighted by molar-refractivity contribution is 5.25. The predicted octanol–water partition coefficient (Wildman–Crippen LogP) is 3.64. The summed E-state index contributed by atoms with van der Waals surface area (Å²) in [4.78, 5) is 0. The van der Waals surface area contributed by atoms with Gasteiger partial charge in [0, 0.05) is 6.04 Å². The standard InChI is InChI=1S/C19H31NO/c1-18-9-7-13(21)11-12(18)3-4-14-15-5-6-17(20)19(15,2)10-8-16(14)18/h3,13-17,21H,4-11,20H2,1-2H3/t13-,14+,15+,16+,17+,18-,19-/m0/s1. The molecule has 4 aliphatic rings. The van der Waals surface area contributed by atoms with Crippen molar-refractivity contribution in [3.05, 3.63) is 11.6 Å². The smallest absolute Gasteiger partial charge is 0.0577 e. The quantitative estimate of drug-likeness (QED) is 0.669. The third kappa shape index (κ3) is 1.84. The number of hydrogen-bond acceptors (Lipinski definition) is 2. The van der Waals surface area contributed by atoms with Crippen molar-refractivity contribution >= 4 is 0 Å². The molecule has 118 valence electrons. The molecule has 0 aromatic heterocycles. The van der Waals surface area contributed by atoms with E-state index in [1.807, 2.05) is 0 Å². The van der Waals surface area contributed by atoms with E-state index < -0.39 is 0 Å². The Kier molecular flexibility index (Phi) is 3.11. The van der Waals surface area contributed by atoms with Gasteiger partial charge in [0.1, 0.15) is 0 Å². The van der Waals surface area contributed by atoms with Gasteiger partial charge in [-0.2, -0.15) is 0 Å². The highest BCUT2D eigenvalue weighted by atomic mass is 16.3. The molecule has 3 saturated carbocycles. The second-order valence-electron chi connectivity index (χ2n) is 8.88. The van der Waals surface area contributed by atoms with Crippen LogP contribution >= 0.6 is 0 Å². The lowest BCUT2D eigenvalue weighted by Gasteiger charge is -2.57. The molecule has 0 amide bonds. The van der Waals surface area contributed by atoms with Gasteiger partial charge in [0.05, 0.1) is 6.10 Å². The minimum Gasteiger partial charge on any atom is -0.393 e. The van der Waals surface area contributed by atoms with Crippen LogP contribution in [0.4, 0.5) is 0 Å². The van der Waals surface area contributed by atoms with Gasteiger partial charge >= 0.3 is 0 Å². The van der Waals surface area contributed by atoms with Crippen LogP contribution in [0.1, 0.15) is 65.2 Å². The Bertz CT molecular complexity index is 472. The van der Waals surface area contributed by atoms with Crippen molar-refractivity contribution in [1.82, 2.24) is 0 Å². The summed E-state index contributed by atoms with van der Waals surface area (Å²) in [6, 6.07) is 0.426. The van der Waals surface area contributed by atoms with Gasteiger partial charge < -0.3 is 10.8 Å². The first kappa shape index (κ1) is 14.3. The molecular formula is C19H31NO. The third-order valence-electron chi connectivity index (χ3n) is 8.15. The first-order chi connectivity index (χ1) is 9.95. The van der Waals surface area contributed by atoms with Crippen molar-refractivity contribution in [2.24, 2.45) is 34.3 Å². The summed E-state index contributed by atoms with van der Waals surface area (Å²) in [5.74, 6) is 2.53. The van der Waals surface area contributed by atoms with Gasteiger partial charge in [-0.1, -0.05) is 25.5 Å². The molecule has 7 atom stereocenters. The molecule has 4 aliphatic carbocycles. The van der Waals surface area contributed by atoms with Crippen molar-refractivity contribution in [2.45, 2.75) is 77.4 Å². The molecule has 0 bridgehead atoms. The molecule has 0 aromatic carbocycles. The van der Waals surface area contributed by atoms with E-state index in [2.05, 4.69) is 19.9 Å². The van der Waals surface area contributed by atoms with Crippen LogP contribution in [0.3, 0.4) is 0 Å². The zero-order valence-corrected chi connectivity index (χ0v) is 13.6. The van der Waals surface area contributed by atoms with E-state index in [0.717, 1.165) is 30.6 Å². The minimum atomic E-state index is -0.0883. The number of rotatable bonds is 0. The fourth-order valence-corrected chi connectivity index (χ4v) is 6.68. The van der Waals surface area contributed by atoms with E-state index in [1.54, 1.807) is 5.57 Å². The van der Waals surface area contributed by atoms with Crippen molar-refractivity contribution in [2.75, 3.05) is 0 Å². The monoisotopic (exact) mass is 289 g/mol. The summed E-state index contributed by atoms with van der Waals surface area (Å²) < 4.78 is 0. The van der Waals surface area contributed by atoms with Crippen LogP contribution in [0.2, 0.25) is 0 Å². The Hall–Kier alpha value is -0.340. The largest absolute Gasteiger partial charge is 0.393 e. The second-order valence-corrected chi connectivity index (χ2v) is 8.88. The fourth-order valence-electron chi connectivity index (χ4n) is 6.68. The van der Waals surface area contributed by atoms with Crippen molar-refractivity contribution in [1.29, 1.82) is 0 Å². The molecule has 2 nitrogen and oxygen atoms in total. The minimum absolute atomic E-state index is 0.0883. The molecule has 0 unspecified atom stereocenters. The lowest BCUT2D eigenvalue weighted by atomic mass is 9.48.